The molecule has 0 amide bonds. The van der Waals surface area contributed by atoms with Crippen molar-refractivity contribution in [3.05, 3.63) is 64.5 Å². The lowest BCUT2D eigenvalue weighted by atomic mass is 9.82. The Labute approximate surface area is 182 Å². The van der Waals surface area contributed by atoms with Crippen molar-refractivity contribution in [2.24, 2.45) is 0 Å². The Morgan fingerprint density at radius 2 is 1.68 bits per heavy atom. The van der Waals surface area contributed by atoms with Crippen LogP contribution in [-0.2, 0) is 24.7 Å². The van der Waals surface area contributed by atoms with Crippen molar-refractivity contribution in [1.82, 2.24) is 4.90 Å². The number of hydrogen-bond acceptors (Lipinski definition) is 2. The molecule has 0 N–H and O–H groups in total. The first-order chi connectivity index (χ1) is 14.4. The summed E-state index contributed by atoms with van der Waals surface area (Å²) in [5.41, 5.74) is 0.209. The normalized spacial score (nSPS) is 18.3. The molecule has 2 nitrogen and oxygen atoms in total. The summed E-state index contributed by atoms with van der Waals surface area (Å²) in [4.78, 5) is 2.22. The van der Waals surface area contributed by atoms with Gasteiger partial charge in [-0.3, -0.25) is 4.90 Å². The maximum Gasteiger partial charge on any atom is 0.416 e. The fraction of sp³-hybridized carbons (Fsp3) is 0.520. The molecule has 0 saturated carbocycles. The highest BCUT2D eigenvalue weighted by molar-refractivity contribution is 5.47. The van der Waals surface area contributed by atoms with Gasteiger partial charge in [-0.2, -0.15) is 13.2 Å². The van der Waals surface area contributed by atoms with Gasteiger partial charge >= 0.3 is 6.18 Å². The maximum atomic E-state index is 13.9. The number of hydrogen-bond donors (Lipinski definition) is 0. The average molecular weight is 438 g/mol. The third-order valence-corrected chi connectivity index (χ3v) is 5.94. The number of ether oxygens (including phenoxy) is 1. The number of nitrogens with zero attached hydrogens (tertiary/aromatic N) is 1. The number of alkyl halides is 3. The maximum absolute atomic E-state index is 13.9. The molecule has 0 bridgehead atoms. The molecular formula is C25H31F4NO. The first-order valence-electron chi connectivity index (χ1n) is 10.8. The third-order valence-electron chi connectivity index (χ3n) is 5.94. The van der Waals surface area contributed by atoms with Gasteiger partial charge in [0.25, 0.3) is 0 Å². The van der Waals surface area contributed by atoms with E-state index in [9.17, 15) is 17.6 Å². The van der Waals surface area contributed by atoms with Crippen molar-refractivity contribution in [1.29, 1.82) is 0 Å². The van der Waals surface area contributed by atoms with E-state index in [2.05, 4.69) is 11.8 Å². The van der Waals surface area contributed by atoms with Gasteiger partial charge in [0.1, 0.15) is 18.2 Å². The van der Waals surface area contributed by atoms with Crippen LogP contribution in [0.2, 0.25) is 0 Å². The molecule has 1 heterocycles. The summed E-state index contributed by atoms with van der Waals surface area (Å²) in [7, 11) is 0. The smallest absolute Gasteiger partial charge is 0.416 e. The molecule has 1 saturated heterocycles. The molecule has 2 aromatic rings. The molecule has 0 radical (unpaired) electrons. The summed E-state index contributed by atoms with van der Waals surface area (Å²) in [5, 5.41) is 0. The van der Waals surface area contributed by atoms with Crippen LogP contribution in [0.15, 0.2) is 36.4 Å². The van der Waals surface area contributed by atoms with E-state index in [1.807, 2.05) is 0 Å². The number of rotatable bonds is 5. The molecule has 3 rings (SSSR count). The summed E-state index contributed by atoms with van der Waals surface area (Å²) < 4.78 is 61.1. The molecule has 6 heteroatoms. The predicted molar refractivity (Wildman–Crippen MR) is 115 cm³/mol. The molecular weight excluding hydrogens is 406 g/mol. The Bertz CT molecular complexity index is 884. The Morgan fingerprint density at radius 1 is 1.00 bits per heavy atom. The zero-order valence-corrected chi connectivity index (χ0v) is 18.7. The van der Waals surface area contributed by atoms with Crippen molar-refractivity contribution >= 4 is 0 Å². The lowest BCUT2D eigenvalue weighted by molar-refractivity contribution is -0.138. The Hall–Kier alpha value is -2.08. The second kappa shape index (κ2) is 9.19. The summed E-state index contributed by atoms with van der Waals surface area (Å²) in [5.74, 6) is 0.119. The van der Waals surface area contributed by atoms with Crippen LogP contribution in [0.5, 0.6) is 5.75 Å². The molecule has 0 unspecified atom stereocenters. The predicted octanol–water partition coefficient (Wildman–Crippen LogP) is 7.10. The fourth-order valence-corrected chi connectivity index (χ4v) is 4.09. The van der Waals surface area contributed by atoms with Gasteiger partial charge in [-0.15, -0.1) is 0 Å². The minimum Gasteiger partial charge on any atom is -0.489 e. The SMILES string of the molecule is C[C@@H]1CCCCN1Cc1cc(C(F)(F)F)c(C(C)(C)C)cc1OCc1ccc(F)cc1. The second-order valence-electron chi connectivity index (χ2n) is 9.48. The molecule has 31 heavy (non-hydrogen) atoms. The van der Waals surface area contributed by atoms with Gasteiger partial charge in [-0.05, 0) is 67.1 Å². The lowest BCUT2D eigenvalue weighted by Crippen LogP contribution is -2.37. The van der Waals surface area contributed by atoms with Gasteiger partial charge < -0.3 is 4.74 Å². The fourth-order valence-electron chi connectivity index (χ4n) is 4.09. The van der Waals surface area contributed by atoms with E-state index < -0.39 is 17.2 Å². The van der Waals surface area contributed by atoms with Gasteiger partial charge in [-0.1, -0.05) is 39.3 Å². The van der Waals surface area contributed by atoms with Crippen LogP contribution in [0.1, 0.15) is 69.2 Å². The zero-order valence-electron chi connectivity index (χ0n) is 18.7. The highest BCUT2D eigenvalue weighted by Crippen LogP contribution is 2.41. The number of likely N-dealkylation sites (tertiary alicyclic amines) is 1. The molecule has 0 aliphatic carbocycles. The van der Waals surface area contributed by atoms with Crippen LogP contribution in [0.3, 0.4) is 0 Å². The van der Waals surface area contributed by atoms with E-state index in [0.717, 1.165) is 31.4 Å². The standard InChI is InChI=1S/C25H31F4NO/c1-17-7-5-6-12-30(17)15-19-13-22(25(27,28)29)21(24(2,3)4)14-23(19)31-16-18-8-10-20(26)11-9-18/h8-11,13-14,17H,5-7,12,15-16H2,1-4H3/t17-/m1/s1. The van der Waals surface area contributed by atoms with Gasteiger partial charge in [0.05, 0.1) is 5.56 Å². The summed E-state index contributed by atoms with van der Waals surface area (Å²) in [6.07, 6.45) is -1.22. The third kappa shape index (κ3) is 6.00. The molecule has 1 fully saturated rings. The van der Waals surface area contributed by atoms with Crippen molar-refractivity contribution in [3.8, 4) is 5.75 Å². The number of benzene rings is 2. The van der Waals surface area contributed by atoms with E-state index in [-0.39, 0.29) is 18.0 Å². The largest absolute Gasteiger partial charge is 0.489 e. The van der Waals surface area contributed by atoms with E-state index in [1.54, 1.807) is 39.0 Å². The van der Waals surface area contributed by atoms with Crippen molar-refractivity contribution in [2.45, 2.75) is 77.7 Å². The van der Waals surface area contributed by atoms with Gasteiger partial charge in [-0.25, -0.2) is 4.39 Å². The van der Waals surface area contributed by atoms with Crippen LogP contribution >= 0.6 is 0 Å². The van der Waals surface area contributed by atoms with Crippen LogP contribution in [0.4, 0.5) is 17.6 Å². The Balaban J connectivity index is 2.00. The van der Waals surface area contributed by atoms with Gasteiger partial charge in [0.2, 0.25) is 0 Å². The van der Waals surface area contributed by atoms with Crippen molar-refractivity contribution < 1.29 is 22.3 Å². The summed E-state index contributed by atoms with van der Waals surface area (Å²) in [6.45, 7) is 8.87. The van der Waals surface area contributed by atoms with E-state index in [4.69, 9.17) is 4.74 Å². The van der Waals surface area contributed by atoms with Crippen molar-refractivity contribution in [2.75, 3.05) is 6.54 Å². The summed E-state index contributed by atoms with van der Waals surface area (Å²) in [6, 6.07) is 9.07. The zero-order chi connectivity index (χ0) is 22.8. The highest BCUT2D eigenvalue weighted by atomic mass is 19.4. The van der Waals surface area contributed by atoms with Gasteiger partial charge in [0, 0.05) is 18.2 Å². The highest BCUT2D eigenvalue weighted by Gasteiger charge is 2.38. The van der Waals surface area contributed by atoms with E-state index in [1.165, 1.54) is 18.2 Å². The van der Waals surface area contributed by atoms with Crippen LogP contribution in [-0.4, -0.2) is 17.5 Å². The molecule has 1 aliphatic heterocycles. The molecule has 1 aliphatic rings. The number of piperidine rings is 1. The number of halogens is 4. The van der Waals surface area contributed by atoms with Crippen LogP contribution in [0, 0.1) is 5.82 Å². The average Bonchev–Trinajstić information content (AvgIpc) is 2.68. The van der Waals surface area contributed by atoms with E-state index >= 15 is 0 Å². The molecule has 0 aromatic heterocycles. The second-order valence-corrected chi connectivity index (χ2v) is 9.48. The Kier molecular flexibility index (Phi) is 6.99. The van der Waals surface area contributed by atoms with E-state index in [0.29, 0.717) is 23.9 Å². The molecule has 170 valence electrons. The van der Waals surface area contributed by atoms with Crippen LogP contribution in [0.25, 0.3) is 0 Å². The minimum atomic E-state index is -4.44. The molecule has 0 spiro atoms. The first kappa shape index (κ1) is 23.6. The minimum absolute atomic E-state index is 0.164. The molecule has 2 aromatic carbocycles. The quantitative estimate of drug-likeness (QED) is 0.463. The summed E-state index contributed by atoms with van der Waals surface area (Å²) >= 11 is 0. The Morgan fingerprint density at radius 3 is 2.26 bits per heavy atom. The first-order valence-corrected chi connectivity index (χ1v) is 10.8. The topological polar surface area (TPSA) is 12.5 Å². The molecule has 1 atom stereocenters. The monoisotopic (exact) mass is 437 g/mol. The lowest BCUT2D eigenvalue weighted by Gasteiger charge is -2.34. The van der Waals surface area contributed by atoms with Gasteiger partial charge in [0.15, 0.2) is 0 Å². The van der Waals surface area contributed by atoms with Crippen LogP contribution < -0.4 is 4.74 Å². The van der Waals surface area contributed by atoms with Crippen molar-refractivity contribution in [3.63, 3.8) is 0 Å².